The average molecular weight is 607 g/mol. The smallest absolute Gasteiger partial charge is 0.346 e. The number of allylic oxidation sites excluding steroid dienone is 4. The lowest BCUT2D eigenvalue weighted by Crippen LogP contribution is -2.47. The highest BCUT2D eigenvalue weighted by atomic mass is 16.5. The number of rotatable bonds is 10. The van der Waals surface area contributed by atoms with Crippen molar-refractivity contribution in [3.63, 3.8) is 0 Å². The molecular weight excluding hydrogens is 564 g/mol. The number of anilines is 1. The van der Waals surface area contributed by atoms with Crippen molar-refractivity contribution in [2.45, 2.75) is 78.4 Å². The Balaban J connectivity index is 1.28. The predicted molar refractivity (Wildman–Crippen MR) is 176 cm³/mol. The van der Waals surface area contributed by atoms with E-state index in [0.717, 1.165) is 36.0 Å². The maximum Gasteiger partial charge on any atom is 0.346 e. The molecule has 0 saturated heterocycles. The first-order valence-corrected chi connectivity index (χ1v) is 15.7. The molecule has 1 aliphatic heterocycles. The molecule has 2 aliphatic carbocycles. The average Bonchev–Trinajstić information content (AvgIpc) is 3.60. The molecule has 0 amide bonds. The molecule has 3 aliphatic rings. The molecule has 7 heteroatoms. The Kier molecular flexibility index (Phi) is 8.80. The zero-order chi connectivity index (χ0) is 32.5. The van der Waals surface area contributed by atoms with Crippen LogP contribution in [0.4, 0.5) is 5.69 Å². The number of aliphatic carboxylic acids is 2. The van der Waals surface area contributed by atoms with Crippen LogP contribution in [0.15, 0.2) is 83.1 Å². The van der Waals surface area contributed by atoms with Crippen molar-refractivity contribution >= 4 is 29.8 Å². The first-order valence-electron chi connectivity index (χ1n) is 15.7. The predicted octanol–water partition coefficient (Wildman–Crippen LogP) is 8.26. The van der Waals surface area contributed by atoms with E-state index in [1.807, 2.05) is 45.0 Å². The monoisotopic (exact) mass is 606 g/mol. The molecule has 0 spiro atoms. The second-order valence-corrected chi connectivity index (χ2v) is 13.5. The van der Waals surface area contributed by atoms with Crippen molar-refractivity contribution in [1.82, 2.24) is 0 Å². The molecular formula is C38H42N2O5. The highest BCUT2D eigenvalue weighted by molar-refractivity contribution is 5.91. The fourth-order valence-electron chi connectivity index (χ4n) is 6.98. The molecule has 2 aromatic carbocycles. The van der Waals surface area contributed by atoms with Gasteiger partial charge in [-0.1, -0.05) is 55.8 Å². The summed E-state index contributed by atoms with van der Waals surface area (Å²) < 4.78 is 6.25. The van der Waals surface area contributed by atoms with E-state index in [1.54, 1.807) is 19.9 Å². The normalized spacial score (nSPS) is 20.8. The third kappa shape index (κ3) is 6.47. The molecule has 2 aromatic rings. The molecule has 5 rings (SSSR count). The third-order valence-corrected chi connectivity index (χ3v) is 10.1. The van der Waals surface area contributed by atoms with Crippen molar-refractivity contribution in [3.05, 3.63) is 94.2 Å². The van der Waals surface area contributed by atoms with Gasteiger partial charge in [0.2, 0.25) is 0 Å². The first-order chi connectivity index (χ1) is 21.3. The van der Waals surface area contributed by atoms with Crippen LogP contribution in [0.25, 0.3) is 12.2 Å². The Morgan fingerprint density at radius 1 is 0.978 bits per heavy atom. The minimum absolute atomic E-state index is 0.216. The van der Waals surface area contributed by atoms with Gasteiger partial charge in [0, 0.05) is 29.3 Å². The van der Waals surface area contributed by atoms with Gasteiger partial charge in [-0.15, -0.1) is 0 Å². The van der Waals surface area contributed by atoms with Gasteiger partial charge in [-0.25, -0.2) is 4.79 Å². The van der Waals surface area contributed by atoms with E-state index in [9.17, 15) is 25.1 Å². The quantitative estimate of drug-likeness (QED) is 0.159. The second kappa shape index (κ2) is 12.4. The number of benzene rings is 2. The molecule has 3 atom stereocenters. The van der Waals surface area contributed by atoms with Gasteiger partial charge < -0.3 is 19.8 Å². The molecule has 45 heavy (non-hydrogen) atoms. The van der Waals surface area contributed by atoms with Gasteiger partial charge in [-0.05, 0) is 106 Å². The molecule has 1 heterocycles. The van der Waals surface area contributed by atoms with Crippen molar-refractivity contribution in [2.75, 3.05) is 4.90 Å². The van der Waals surface area contributed by atoms with Crippen LogP contribution in [0.1, 0.15) is 77.8 Å². The summed E-state index contributed by atoms with van der Waals surface area (Å²) in [6.45, 7) is 9.24. The summed E-state index contributed by atoms with van der Waals surface area (Å²) in [4.78, 5) is 25.6. The lowest BCUT2D eigenvalue weighted by Gasteiger charge is -2.40. The summed E-state index contributed by atoms with van der Waals surface area (Å²) >= 11 is 0. The summed E-state index contributed by atoms with van der Waals surface area (Å²) in [7, 11) is 0. The Hall–Kier alpha value is -4.57. The summed E-state index contributed by atoms with van der Waals surface area (Å²) in [5.41, 5.74) is 5.04. The Labute approximate surface area is 265 Å². The SMILES string of the molecule is CC(C(C)(C)Oc1ccc(C=Cc2ccc(N3C4=C(C=C(/C=C(\C#N)C(=O)O)CC4)C4CCCC43)cc2)cc1)C(C)(C)C(=O)O. The second-order valence-electron chi connectivity index (χ2n) is 13.5. The Bertz CT molecular complexity index is 1630. The number of fused-ring (bicyclic) bond motifs is 2. The van der Waals surface area contributed by atoms with Crippen LogP contribution in [0.3, 0.4) is 0 Å². The number of carboxylic acid groups (broad SMARTS) is 2. The van der Waals surface area contributed by atoms with Crippen LogP contribution in [-0.4, -0.2) is 33.8 Å². The number of carboxylic acids is 2. The molecule has 0 aromatic heterocycles. The fourth-order valence-corrected chi connectivity index (χ4v) is 6.98. The third-order valence-electron chi connectivity index (χ3n) is 10.1. The first kappa shape index (κ1) is 31.8. The van der Waals surface area contributed by atoms with Crippen LogP contribution in [0.2, 0.25) is 0 Å². The van der Waals surface area contributed by atoms with Gasteiger partial charge in [0.05, 0.1) is 5.41 Å². The molecule has 3 unspecified atom stereocenters. The molecule has 0 radical (unpaired) electrons. The van der Waals surface area contributed by atoms with Gasteiger partial charge in [0.15, 0.2) is 0 Å². The maximum atomic E-state index is 11.8. The maximum absolute atomic E-state index is 11.8. The number of hydrogen-bond donors (Lipinski definition) is 2. The standard InChI is InChI=1S/C38H42N2O5/c1-24(37(2,3)36(43)44)38(4,5)45-30-18-13-26(14-19-30)10-9-25-11-16-29(17-12-25)40-33-8-6-7-31(33)32-22-27(15-20-34(32)40)21-28(23-39)35(41)42/h9-14,16-19,21-22,24,31,33H,6-8,15,20H2,1-5H3,(H,41,42)(H,43,44)/b10-9?,28-21+. The van der Waals surface area contributed by atoms with Crippen LogP contribution in [0, 0.1) is 28.6 Å². The van der Waals surface area contributed by atoms with Crippen molar-refractivity contribution < 1.29 is 24.5 Å². The largest absolute Gasteiger partial charge is 0.488 e. The van der Waals surface area contributed by atoms with E-state index in [2.05, 4.69) is 47.4 Å². The van der Waals surface area contributed by atoms with Crippen LogP contribution >= 0.6 is 0 Å². The number of carbonyl (C=O) groups is 2. The van der Waals surface area contributed by atoms with Crippen LogP contribution < -0.4 is 9.64 Å². The number of nitriles is 1. The van der Waals surface area contributed by atoms with Gasteiger partial charge >= 0.3 is 11.9 Å². The molecule has 2 N–H and O–H groups in total. The molecule has 1 fully saturated rings. The zero-order valence-corrected chi connectivity index (χ0v) is 26.7. The van der Waals surface area contributed by atoms with Gasteiger partial charge in [0.25, 0.3) is 0 Å². The Morgan fingerprint density at radius 3 is 2.18 bits per heavy atom. The Morgan fingerprint density at radius 2 is 1.60 bits per heavy atom. The highest BCUT2D eigenvalue weighted by Gasteiger charge is 2.45. The lowest BCUT2D eigenvalue weighted by atomic mass is 9.71. The molecule has 0 bridgehead atoms. The fraction of sp³-hybridized carbons (Fsp3) is 0.395. The zero-order valence-electron chi connectivity index (χ0n) is 26.7. The van der Waals surface area contributed by atoms with Crippen molar-refractivity contribution in [2.24, 2.45) is 17.3 Å². The highest BCUT2D eigenvalue weighted by Crippen LogP contribution is 2.50. The summed E-state index contributed by atoms with van der Waals surface area (Å²) in [6.07, 6.45) is 12.8. The van der Waals surface area contributed by atoms with Gasteiger partial charge in [-0.3, -0.25) is 4.79 Å². The number of nitrogens with zero attached hydrogens (tertiary/aromatic N) is 2. The van der Waals surface area contributed by atoms with Gasteiger partial charge in [-0.2, -0.15) is 5.26 Å². The van der Waals surface area contributed by atoms with E-state index >= 15 is 0 Å². The summed E-state index contributed by atoms with van der Waals surface area (Å²) in [5.74, 6) is -1.11. The van der Waals surface area contributed by atoms with Crippen molar-refractivity contribution in [1.29, 1.82) is 5.26 Å². The van der Waals surface area contributed by atoms with E-state index < -0.39 is 23.0 Å². The summed E-state index contributed by atoms with van der Waals surface area (Å²) in [5, 5.41) is 28.1. The van der Waals surface area contributed by atoms with Crippen LogP contribution in [0.5, 0.6) is 5.75 Å². The molecule has 1 saturated carbocycles. The lowest BCUT2D eigenvalue weighted by molar-refractivity contribution is -0.154. The number of ether oxygens (including phenoxy) is 1. The number of hydrogen-bond acceptors (Lipinski definition) is 5. The van der Waals surface area contributed by atoms with Crippen LogP contribution in [-0.2, 0) is 9.59 Å². The minimum Gasteiger partial charge on any atom is -0.488 e. The van der Waals surface area contributed by atoms with E-state index in [0.29, 0.717) is 24.1 Å². The van der Waals surface area contributed by atoms with Crippen molar-refractivity contribution in [3.8, 4) is 11.8 Å². The molecule has 7 nitrogen and oxygen atoms in total. The molecule has 234 valence electrons. The summed E-state index contributed by atoms with van der Waals surface area (Å²) in [6, 6.07) is 18.7. The van der Waals surface area contributed by atoms with Gasteiger partial charge in [0.1, 0.15) is 23.0 Å². The van der Waals surface area contributed by atoms with E-state index in [4.69, 9.17) is 4.74 Å². The van der Waals surface area contributed by atoms with E-state index in [1.165, 1.54) is 29.5 Å². The van der Waals surface area contributed by atoms with E-state index in [-0.39, 0.29) is 11.5 Å². The minimum atomic E-state index is -1.18. The topological polar surface area (TPSA) is 111 Å².